The average Bonchev–Trinajstić information content (AvgIpc) is 2.84. The first kappa shape index (κ1) is 19.0. The predicted molar refractivity (Wildman–Crippen MR) is 117 cm³/mol. The molecule has 2 fully saturated rings. The van der Waals surface area contributed by atoms with E-state index >= 15 is 0 Å². The van der Waals surface area contributed by atoms with E-state index in [1.165, 1.54) is 0 Å². The number of amides is 1. The van der Waals surface area contributed by atoms with Crippen molar-refractivity contribution in [2.45, 2.75) is 12.8 Å². The molecular weight excluding hydrogens is 376 g/mol. The molecule has 6 nitrogen and oxygen atoms in total. The van der Waals surface area contributed by atoms with Crippen LogP contribution < -0.4 is 4.90 Å². The van der Waals surface area contributed by atoms with Crippen LogP contribution in [0.1, 0.15) is 12.8 Å². The highest BCUT2D eigenvalue weighted by Crippen LogP contribution is 2.31. The Kier molecular flexibility index (Phi) is 5.32. The van der Waals surface area contributed by atoms with Crippen LogP contribution >= 0.6 is 0 Å². The second-order valence-electron chi connectivity index (χ2n) is 7.98. The number of anilines is 1. The number of hydrogen-bond acceptors (Lipinski definition) is 5. The third-order valence-corrected chi connectivity index (χ3v) is 6.01. The Morgan fingerprint density at radius 2 is 1.70 bits per heavy atom. The molecule has 2 aliphatic rings. The normalized spacial score (nSPS) is 19.8. The Morgan fingerprint density at radius 1 is 0.933 bits per heavy atom. The summed E-state index contributed by atoms with van der Waals surface area (Å²) in [4.78, 5) is 27.1. The van der Waals surface area contributed by atoms with Gasteiger partial charge >= 0.3 is 0 Å². The highest BCUT2D eigenvalue weighted by Gasteiger charge is 2.31. The van der Waals surface area contributed by atoms with E-state index in [0.717, 1.165) is 47.5 Å². The van der Waals surface area contributed by atoms with E-state index in [1.807, 2.05) is 53.4 Å². The minimum atomic E-state index is 0.00533. The minimum absolute atomic E-state index is 0.00533. The number of aromatic nitrogens is 2. The van der Waals surface area contributed by atoms with Crippen molar-refractivity contribution < 1.29 is 9.53 Å². The lowest BCUT2D eigenvalue weighted by atomic mass is 9.96. The van der Waals surface area contributed by atoms with Crippen LogP contribution in [0.25, 0.3) is 22.3 Å². The number of hydrogen-bond donors (Lipinski definition) is 0. The van der Waals surface area contributed by atoms with E-state index in [4.69, 9.17) is 14.7 Å². The Hall–Kier alpha value is -2.99. The van der Waals surface area contributed by atoms with Crippen molar-refractivity contribution in [1.82, 2.24) is 14.9 Å². The van der Waals surface area contributed by atoms with E-state index in [2.05, 4.69) is 11.0 Å². The molecule has 0 bridgehead atoms. The van der Waals surface area contributed by atoms with Crippen molar-refractivity contribution >= 4 is 22.6 Å². The lowest BCUT2D eigenvalue weighted by Crippen LogP contribution is -2.48. The molecule has 0 radical (unpaired) electrons. The molecule has 0 unspecified atom stereocenters. The molecule has 1 aromatic heterocycles. The first-order chi connectivity index (χ1) is 14.8. The SMILES string of the molecule is O=C([C@H]1CCCN(c2nc(-c3ccccc3)nc3ccccc23)C1)N1CCOCC1. The van der Waals surface area contributed by atoms with Crippen LogP contribution in [-0.2, 0) is 9.53 Å². The van der Waals surface area contributed by atoms with Gasteiger partial charge in [0.05, 0.1) is 24.6 Å². The number of carbonyl (C=O) groups is 1. The molecule has 5 rings (SSSR count). The molecule has 154 valence electrons. The molecule has 0 saturated carbocycles. The number of piperidine rings is 1. The lowest BCUT2D eigenvalue weighted by molar-refractivity contribution is -0.139. The maximum Gasteiger partial charge on any atom is 0.227 e. The summed E-state index contributed by atoms with van der Waals surface area (Å²) in [5.41, 5.74) is 1.94. The Bertz CT molecular complexity index is 1030. The topological polar surface area (TPSA) is 58.6 Å². The fraction of sp³-hybridized carbons (Fsp3) is 0.375. The van der Waals surface area contributed by atoms with Gasteiger partial charge in [-0.1, -0.05) is 42.5 Å². The largest absolute Gasteiger partial charge is 0.378 e. The third kappa shape index (κ3) is 3.75. The van der Waals surface area contributed by atoms with Crippen molar-refractivity contribution in [2.75, 3.05) is 44.3 Å². The minimum Gasteiger partial charge on any atom is -0.378 e. The van der Waals surface area contributed by atoms with E-state index in [0.29, 0.717) is 32.8 Å². The molecule has 6 heteroatoms. The van der Waals surface area contributed by atoms with Gasteiger partial charge in [-0.3, -0.25) is 4.79 Å². The monoisotopic (exact) mass is 402 g/mol. The van der Waals surface area contributed by atoms with Crippen LogP contribution in [0.5, 0.6) is 0 Å². The average molecular weight is 402 g/mol. The molecule has 3 aromatic rings. The van der Waals surface area contributed by atoms with Gasteiger partial charge in [-0.25, -0.2) is 9.97 Å². The Labute approximate surface area is 176 Å². The summed E-state index contributed by atoms with van der Waals surface area (Å²) in [5, 5.41) is 1.04. The summed E-state index contributed by atoms with van der Waals surface area (Å²) >= 11 is 0. The molecule has 2 saturated heterocycles. The number of morpholine rings is 1. The number of nitrogens with zero attached hydrogens (tertiary/aromatic N) is 4. The van der Waals surface area contributed by atoms with Gasteiger partial charge in [-0.15, -0.1) is 0 Å². The van der Waals surface area contributed by atoms with Gasteiger partial charge in [-0.2, -0.15) is 0 Å². The zero-order valence-electron chi connectivity index (χ0n) is 17.0. The lowest BCUT2D eigenvalue weighted by Gasteiger charge is -2.37. The third-order valence-electron chi connectivity index (χ3n) is 6.01. The molecule has 1 atom stereocenters. The number of fused-ring (bicyclic) bond motifs is 1. The van der Waals surface area contributed by atoms with Gasteiger partial charge in [0.1, 0.15) is 5.82 Å². The standard InChI is InChI=1S/C24H26N4O2/c29-24(27-13-15-30-16-14-27)19-9-6-12-28(17-19)23-20-10-4-5-11-21(20)25-22(26-23)18-7-2-1-3-8-18/h1-5,7-8,10-11,19H,6,9,12-17H2/t19-/m0/s1. The van der Waals surface area contributed by atoms with Gasteiger partial charge in [0.25, 0.3) is 0 Å². The molecule has 2 aliphatic heterocycles. The van der Waals surface area contributed by atoms with Gasteiger partial charge < -0.3 is 14.5 Å². The van der Waals surface area contributed by atoms with Crippen LogP contribution in [0, 0.1) is 5.92 Å². The van der Waals surface area contributed by atoms with Gasteiger partial charge in [0, 0.05) is 37.1 Å². The van der Waals surface area contributed by atoms with Gasteiger partial charge in [-0.05, 0) is 25.0 Å². The first-order valence-electron chi connectivity index (χ1n) is 10.7. The highest BCUT2D eigenvalue weighted by molar-refractivity contribution is 5.91. The molecule has 0 aliphatic carbocycles. The van der Waals surface area contributed by atoms with Crippen molar-refractivity contribution in [2.24, 2.45) is 5.92 Å². The second-order valence-corrected chi connectivity index (χ2v) is 7.98. The van der Waals surface area contributed by atoms with Crippen molar-refractivity contribution in [3.63, 3.8) is 0 Å². The Balaban J connectivity index is 1.48. The van der Waals surface area contributed by atoms with Crippen molar-refractivity contribution in [3.8, 4) is 11.4 Å². The molecule has 0 spiro atoms. The molecule has 1 amide bonds. The van der Waals surface area contributed by atoms with Crippen LogP contribution in [0.15, 0.2) is 54.6 Å². The fourth-order valence-electron chi connectivity index (χ4n) is 4.43. The number of carbonyl (C=O) groups excluding carboxylic acids is 1. The summed E-state index contributed by atoms with van der Waals surface area (Å²) < 4.78 is 5.41. The summed E-state index contributed by atoms with van der Waals surface area (Å²) in [6.07, 6.45) is 1.92. The van der Waals surface area contributed by atoms with Crippen LogP contribution in [0.3, 0.4) is 0 Å². The molecule has 0 N–H and O–H groups in total. The van der Waals surface area contributed by atoms with Crippen molar-refractivity contribution in [3.05, 3.63) is 54.6 Å². The number of rotatable bonds is 3. The van der Waals surface area contributed by atoms with E-state index < -0.39 is 0 Å². The zero-order valence-corrected chi connectivity index (χ0v) is 17.0. The molecule has 3 heterocycles. The maximum absolute atomic E-state index is 13.1. The molecular formula is C24H26N4O2. The van der Waals surface area contributed by atoms with Gasteiger partial charge in [0.15, 0.2) is 5.82 Å². The summed E-state index contributed by atoms with van der Waals surface area (Å²) in [6, 6.07) is 18.2. The number of ether oxygens (including phenoxy) is 1. The predicted octanol–water partition coefficient (Wildman–Crippen LogP) is 3.37. The van der Waals surface area contributed by atoms with E-state index in [-0.39, 0.29) is 11.8 Å². The zero-order chi connectivity index (χ0) is 20.3. The van der Waals surface area contributed by atoms with E-state index in [9.17, 15) is 4.79 Å². The number of para-hydroxylation sites is 1. The van der Waals surface area contributed by atoms with Crippen molar-refractivity contribution in [1.29, 1.82) is 0 Å². The highest BCUT2D eigenvalue weighted by atomic mass is 16.5. The quantitative estimate of drug-likeness (QED) is 0.672. The second kappa shape index (κ2) is 8.40. The van der Waals surface area contributed by atoms with Crippen LogP contribution in [0.2, 0.25) is 0 Å². The Morgan fingerprint density at radius 3 is 2.53 bits per heavy atom. The smallest absolute Gasteiger partial charge is 0.227 e. The molecule has 30 heavy (non-hydrogen) atoms. The first-order valence-corrected chi connectivity index (χ1v) is 10.7. The fourth-order valence-corrected chi connectivity index (χ4v) is 4.43. The van der Waals surface area contributed by atoms with Crippen LogP contribution in [-0.4, -0.2) is 60.2 Å². The van der Waals surface area contributed by atoms with Gasteiger partial charge in [0.2, 0.25) is 5.91 Å². The van der Waals surface area contributed by atoms with Crippen LogP contribution in [0.4, 0.5) is 5.82 Å². The number of benzene rings is 2. The summed E-state index contributed by atoms with van der Waals surface area (Å²) in [6.45, 7) is 4.28. The maximum atomic E-state index is 13.1. The summed E-state index contributed by atoms with van der Waals surface area (Å²) in [7, 11) is 0. The van der Waals surface area contributed by atoms with E-state index in [1.54, 1.807) is 0 Å². The summed E-state index contributed by atoms with van der Waals surface area (Å²) in [5.74, 6) is 1.92. The molecule has 2 aromatic carbocycles.